The van der Waals surface area contributed by atoms with Gasteiger partial charge in [0.2, 0.25) is 0 Å². The molecule has 1 saturated carbocycles. The summed E-state index contributed by atoms with van der Waals surface area (Å²) in [7, 11) is 0. The fourth-order valence-electron chi connectivity index (χ4n) is 1.95. The molecule has 2 fully saturated rings. The van der Waals surface area contributed by atoms with Crippen LogP contribution in [0.4, 0.5) is 0 Å². The Kier molecular flexibility index (Phi) is 1.89. The first-order valence-electron chi connectivity index (χ1n) is 4.02. The van der Waals surface area contributed by atoms with E-state index in [1.165, 1.54) is 25.7 Å². The van der Waals surface area contributed by atoms with E-state index in [4.69, 9.17) is 11.5 Å². The molecule has 0 aromatic heterocycles. The summed E-state index contributed by atoms with van der Waals surface area (Å²) in [6, 6.07) is 1.30. The van der Waals surface area contributed by atoms with Gasteiger partial charge < -0.3 is 10.5 Å². The van der Waals surface area contributed by atoms with Crippen molar-refractivity contribution >= 4 is 17.9 Å². The van der Waals surface area contributed by atoms with Gasteiger partial charge in [-0.05, 0) is 12.8 Å². The largest absolute Gasteiger partial charge is 0.414 e. The summed E-state index contributed by atoms with van der Waals surface area (Å²) in [6.07, 6.45) is 5.33. The zero-order chi connectivity index (χ0) is 6.97. The van der Waals surface area contributed by atoms with E-state index in [0.29, 0.717) is 12.1 Å². The van der Waals surface area contributed by atoms with Crippen molar-refractivity contribution in [2.24, 2.45) is 0 Å². The van der Waals surface area contributed by atoms with Gasteiger partial charge in [0.05, 0.1) is 0 Å². The molecule has 2 N–H and O–H groups in total. The normalized spacial score (nSPS) is 39.9. The van der Waals surface area contributed by atoms with Crippen LogP contribution < -0.4 is 10.5 Å². The molecule has 1 aliphatic heterocycles. The van der Waals surface area contributed by atoms with E-state index < -0.39 is 0 Å². The second-order valence-corrected chi connectivity index (χ2v) is 3.63. The molecule has 1 heterocycles. The predicted molar refractivity (Wildman–Crippen MR) is 43.9 cm³/mol. The van der Waals surface area contributed by atoms with Crippen LogP contribution in [0.1, 0.15) is 25.7 Å². The Bertz CT molecular complexity index is 119. The van der Waals surface area contributed by atoms with Crippen LogP contribution >= 0.6 is 11.5 Å². The molecule has 0 aromatic carbocycles. The molecular weight excluding hydrogens is 146 g/mol. The molecule has 4 heteroatoms. The molecule has 0 unspecified atom stereocenters. The fraction of sp³-hybridized carbons (Fsp3) is 1.00. The summed E-state index contributed by atoms with van der Waals surface area (Å²) in [6.45, 7) is 0. The van der Waals surface area contributed by atoms with Gasteiger partial charge in [0.15, 0.2) is 0 Å². The Morgan fingerprint density at radius 2 is 1.60 bits per heavy atom. The zero-order valence-corrected chi connectivity index (χ0v) is 6.69. The van der Waals surface area contributed by atoms with Gasteiger partial charge in [-0.1, -0.05) is 12.8 Å². The minimum atomic E-state index is 0.0214. The minimum absolute atomic E-state index is 0.0214. The maximum atomic E-state index is 5.86. The second-order valence-electron chi connectivity index (χ2n) is 3.19. The lowest BCUT2D eigenvalue weighted by molar-refractivity contribution is 0.374. The van der Waals surface area contributed by atoms with Gasteiger partial charge in [0.25, 0.3) is 0 Å². The van der Waals surface area contributed by atoms with Crippen LogP contribution in [0, 0.1) is 0 Å². The number of fused-ring (bicyclic) bond motifs is 1. The maximum Gasteiger partial charge on any atom is 0.414 e. The number of hydrogen-bond acceptors (Lipinski definition) is 2. The Labute approximate surface area is 66.7 Å². The van der Waals surface area contributed by atoms with E-state index in [0.717, 1.165) is 0 Å². The summed E-state index contributed by atoms with van der Waals surface area (Å²) < 4.78 is 0. The van der Waals surface area contributed by atoms with E-state index in [1.54, 1.807) is 0 Å². The highest BCUT2D eigenvalue weighted by atomic mass is 35.5. The summed E-state index contributed by atoms with van der Waals surface area (Å²) >= 11 is 5.86. The molecule has 2 nitrogen and oxygen atoms in total. The number of rotatable bonds is 0. The summed E-state index contributed by atoms with van der Waals surface area (Å²) in [5.74, 6) is 0. The average Bonchev–Trinajstić information content (AvgIpc) is 2.27. The van der Waals surface area contributed by atoms with E-state index in [1.807, 2.05) is 0 Å². The SMILES string of the molecule is ClB1N[C@@H]2CCCC[C@H]2N1. The molecule has 10 heavy (non-hydrogen) atoms. The third-order valence-electron chi connectivity index (χ3n) is 2.49. The van der Waals surface area contributed by atoms with Crippen molar-refractivity contribution in [2.45, 2.75) is 37.8 Å². The van der Waals surface area contributed by atoms with Crippen molar-refractivity contribution in [1.82, 2.24) is 10.5 Å². The summed E-state index contributed by atoms with van der Waals surface area (Å²) in [5.41, 5.74) is 0. The quantitative estimate of drug-likeness (QED) is 0.508. The lowest BCUT2D eigenvalue weighted by Crippen LogP contribution is -2.36. The topological polar surface area (TPSA) is 24.1 Å². The first-order valence-corrected chi connectivity index (χ1v) is 4.46. The van der Waals surface area contributed by atoms with Crippen molar-refractivity contribution in [2.75, 3.05) is 0 Å². The minimum Gasteiger partial charge on any atom is -0.324 e. The summed E-state index contributed by atoms with van der Waals surface area (Å²) in [5, 5.41) is 6.62. The molecule has 0 radical (unpaired) electrons. The van der Waals surface area contributed by atoms with Crippen LogP contribution in [0.5, 0.6) is 0 Å². The second kappa shape index (κ2) is 2.72. The van der Waals surface area contributed by atoms with Crippen molar-refractivity contribution < 1.29 is 0 Å². The number of halogens is 1. The van der Waals surface area contributed by atoms with Crippen LogP contribution in [0.2, 0.25) is 0 Å². The Morgan fingerprint density at radius 1 is 1.10 bits per heavy atom. The van der Waals surface area contributed by atoms with Crippen molar-refractivity contribution in [1.29, 1.82) is 0 Å². The molecule has 1 aliphatic carbocycles. The van der Waals surface area contributed by atoms with E-state index in [2.05, 4.69) is 10.5 Å². The highest BCUT2D eigenvalue weighted by Gasteiger charge is 2.35. The molecule has 0 spiro atoms. The van der Waals surface area contributed by atoms with Crippen LogP contribution in [-0.2, 0) is 0 Å². The monoisotopic (exact) mass is 158 g/mol. The van der Waals surface area contributed by atoms with Gasteiger partial charge in [-0.15, -0.1) is 11.5 Å². The fourth-order valence-corrected chi connectivity index (χ4v) is 2.28. The van der Waals surface area contributed by atoms with Gasteiger partial charge in [-0.2, -0.15) is 0 Å². The van der Waals surface area contributed by atoms with Crippen molar-refractivity contribution in [3.63, 3.8) is 0 Å². The molecule has 2 aliphatic rings. The first kappa shape index (κ1) is 6.95. The standard InChI is InChI=1S/C6H12BClN2/c8-7-9-5-3-1-2-4-6(5)10-7/h5-6,9-10H,1-4H2/t5-,6-/m1/s1. The van der Waals surface area contributed by atoms with Crippen molar-refractivity contribution in [3.05, 3.63) is 0 Å². The summed E-state index contributed by atoms with van der Waals surface area (Å²) in [4.78, 5) is 0. The van der Waals surface area contributed by atoms with Gasteiger partial charge in [-0.25, -0.2) is 0 Å². The Balaban J connectivity index is 1.97. The molecular formula is C6H12BClN2. The highest BCUT2D eigenvalue weighted by Crippen LogP contribution is 2.22. The highest BCUT2D eigenvalue weighted by molar-refractivity contribution is 7.04. The lowest BCUT2D eigenvalue weighted by Gasteiger charge is -2.24. The number of nitrogens with one attached hydrogen (secondary N) is 2. The average molecular weight is 158 g/mol. The van der Waals surface area contributed by atoms with Crippen LogP contribution in [0.25, 0.3) is 0 Å². The van der Waals surface area contributed by atoms with Gasteiger partial charge in [0, 0.05) is 12.1 Å². The van der Waals surface area contributed by atoms with Gasteiger partial charge >= 0.3 is 6.40 Å². The molecule has 2 atom stereocenters. The van der Waals surface area contributed by atoms with Gasteiger partial charge in [0.1, 0.15) is 0 Å². The molecule has 0 aromatic rings. The molecule has 0 bridgehead atoms. The molecule has 1 saturated heterocycles. The number of hydrogen-bond donors (Lipinski definition) is 2. The smallest absolute Gasteiger partial charge is 0.324 e. The van der Waals surface area contributed by atoms with E-state index >= 15 is 0 Å². The first-order chi connectivity index (χ1) is 4.86. The van der Waals surface area contributed by atoms with Gasteiger partial charge in [-0.3, -0.25) is 0 Å². The molecule has 2 rings (SSSR count). The van der Waals surface area contributed by atoms with Crippen molar-refractivity contribution in [3.8, 4) is 0 Å². The maximum absolute atomic E-state index is 5.86. The van der Waals surface area contributed by atoms with Crippen LogP contribution in [-0.4, -0.2) is 18.5 Å². The Morgan fingerprint density at radius 3 is 2.10 bits per heavy atom. The molecule has 56 valence electrons. The zero-order valence-electron chi connectivity index (χ0n) is 5.94. The van der Waals surface area contributed by atoms with E-state index in [9.17, 15) is 0 Å². The van der Waals surface area contributed by atoms with Crippen LogP contribution in [0.15, 0.2) is 0 Å². The third kappa shape index (κ3) is 1.18. The molecule has 0 amide bonds. The predicted octanol–water partition coefficient (Wildman–Crippen LogP) is 0.714. The lowest BCUT2D eigenvalue weighted by atomic mass is 9.92. The van der Waals surface area contributed by atoms with Crippen LogP contribution in [0.3, 0.4) is 0 Å². The van der Waals surface area contributed by atoms with E-state index in [-0.39, 0.29) is 6.40 Å². The Hall–Kier alpha value is 0.275. The third-order valence-corrected chi connectivity index (χ3v) is 2.74.